The van der Waals surface area contributed by atoms with Crippen LogP contribution in [0.15, 0.2) is 29.4 Å². The van der Waals surface area contributed by atoms with Gasteiger partial charge < -0.3 is 11.2 Å². The number of hydrogen-bond donors (Lipinski definition) is 2. The van der Waals surface area contributed by atoms with E-state index in [1.807, 2.05) is 0 Å². The maximum atomic E-state index is 11.8. The molecule has 2 rings (SSSR count). The van der Waals surface area contributed by atoms with E-state index in [9.17, 15) is 9.59 Å². The lowest BCUT2D eigenvalue weighted by molar-refractivity contribution is -0.113. The monoisotopic (exact) mass is 305 g/mol. The Morgan fingerprint density at radius 2 is 1.95 bits per heavy atom. The Bertz CT molecular complexity index is 666. The first-order valence-electron chi connectivity index (χ1n) is 6.18. The topological polar surface area (TPSA) is 103 Å². The van der Waals surface area contributed by atoms with Crippen molar-refractivity contribution in [3.63, 3.8) is 0 Å². The third-order valence-corrected chi connectivity index (χ3v) is 3.69. The van der Waals surface area contributed by atoms with Crippen molar-refractivity contribution in [1.82, 2.24) is 14.9 Å². The molecule has 0 radical (unpaired) electrons. The minimum atomic E-state index is -0.184. The van der Waals surface area contributed by atoms with Crippen molar-refractivity contribution in [3.05, 3.63) is 35.7 Å². The highest BCUT2D eigenvalue weighted by Gasteiger charge is 2.10. The van der Waals surface area contributed by atoms with E-state index in [1.165, 1.54) is 23.4 Å². The zero-order valence-electron chi connectivity index (χ0n) is 11.7. The van der Waals surface area contributed by atoms with Gasteiger partial charge in [0.15, 0.2) is 5.78 Å². The first-order valence-corrected chi connectivity index (χ1v) is 7.16. The van der Waals surface area contributed by atoms with Crippen molar-refractivity contribution in [1.29, 1.82) is 0 Å². The third kappa shape index (κ3) is 3.82. The number of hydrogen-bond acceptors (Lipinski definition) is 6. The van der Waals surface area contributed by atoms with Crippen molar-refractivity contribution in [2.45, 2.75) is 19.0 Å². The molecule has 1 aromatic carbocycles. The Balaban J connectivity index is 1.89. The molecule has 0 saturated heterocycles. The number of ketones is 1. The molecule has 2 aromatic rings. The number of nitrogen functional groups attached to an aromatic ring is 1. The highest BCUT2D eigenvalue weighted by molar-refractivity contribution is 7.99. The van der Waals surface area contributed by atoms with Gasteiger partial charge in [-0.15, -0.1) is 10.2 Å². The van der Waals surface area contributed by atoms with Gasteiger partial charge in [0.2, 0.25) is 11.1 Å². The van der Waals surface area contributed by atoms with Crippen molar-refractivity contribution in [2.75, 3.05) is 16.9 Å². The van der Waals surface area contributed by atoms with Crippen LogP contribution in [-0.2, 0) is 4.79 Å². The van der Waals surface area contributed by atoms with E-state index >= 15 is 0 Å². The Kier molecular flexibility index (Phi) is 4.59. The molecule has 1 amide bonds. The number of nitrogens with two attached hydrogens (primary N) is 1. The number of rotatable bonds is 5. The Labute approximate surface area is 125 Å². The number of anilines is 1. The zero-order valence-corrected chi connectivity index (χ0v) is 12.5. The van der Waals surface area contributed by atoms with Crippen molar-refractivity contribution < 1.29 is 9.59 Å². The van der Waals surface area contributed by atoms with Gasteiger partial charge in [-0.1, -0.05) is 11.8 Å². The summed E-state index contributed by atoms with van der Waals surface area (Å²) in [5.41, 5.74) is 1.24. The number of aryl methyl sites for hydroxylation is 1. The fourth-order valence-corrected chi connectivity index (χ4v) is 2.27. The van der Waals surface area contributed by atoms with Gasteiger partial charge in [0, 0.05) is 11.3 Å². The molecule has 0 aliphatic heterocycles. The van der Waals surface area contributed by atoms with Crippen molar-refractivity contribution in [3.8, 4) is 0 Å². The van der Waals surface area contributed by atoms with E-state index in [4.69, 9.17) is 5.84 Å². The molecule has 1 heterocycles. The van der Waals surface area contributed by atoms with Crippen LogP contribution in [0.2, 0.25) is 0 Å². The summed E-state index contributed by atoms with van der Waals surface area (Å²) in [6.45, 7) is 3.23. The van der Waals surface area contributed by atoms with Crippen LogP contribution in [0.5, 0.6) is 0 Å². The average Bonchev–Trinajstić information content (AvgIpc) is 2.77. The molecule has 110 valence electrons. The third-order valence-electron chi connectivity index (χ3n) is 2.74. The van der Waals surface area contributed by atoms with Crippen LogP contribution in [0.25, 0.3) is 0 Å². The van der Waals surface area contributed by atoms with E-state index in [1.54, 1.807) is 31.2 Å². The van der Waals surface area contributed by atoms with Crippen LogP contribution in [0.3, 0.4) is 0 Å². The number of thioether (sulfide) groups is 1. The smallest absolute Gasteiger partial charge is 0.234 e. The minimum absolute atomic E-state index is 0.0129. The van der Waals surface area contributed by atoms with Crippen molar-refractivity contribution in [2.24, 2.45) is 0 Å². The molecule has 7 nitrogen and oxygen atoms in total. The molecule has 3 N–H and O–H groups in total. The summed E-state index contributed by atoms with van der Waals surface area (Å²) >= 11 is 1.20. The maximum absolute atomic E-state index is 11.8. The number of nitrogens with zero attached hydrogens (tertiary/aromatic N) is 3. The summed E-state index contributed by atoms with van der Waals surface area (Å²) in [6.07, 6.45) is 0. The standard InChI is InChI=1S/C13H15N5O2S/c1-8(19)10-3-5-11(6-4-10)15-12(20)7-21-13-17-16-9(2)18(13)14/h3-6H,7,14H2,1-2H3,(H,15,20). The molecule has 0 unspecified atom stereocenters. The number of amides is 1. The molecule has 1 aromatic heterocycles. The molecule has 8 heteroatoms. The molecular formula is C13H15N5O2S. The molecule has 0 aliphatic carbocycles. The van der Waals surface area contributed by atoms with Crippen LogP contribution in [-0.4, -0.2) is 32.3 Å². The predicted octanol–water partition coefficient (Wildman–Crippen LogP) is 1.23. The van der Waals surface area contributed by atoms with Crippen LogP contribution in [0.1, 0.15) is 23.1 Å². The molecular weight excluding hydrogens is 290 g/mol. The van der Waals surface area contributed by atoms with Gasteiger partial charge in [0.25, 0.3) is 0 Å². The molecule has 0 spiro atoms. The second-order valence-corrected chi connectivity index (χ2v) is 5.31. The SMILES string of the molecule is CC(=O)c1ccc(NC(=O)CSc2nnc(C)n2N)cc1. The summed E-state index contributed by atoms with van der Waals surface area (Å²) in [6, 6.07) is 6.72. The second-order valence-electron chi connectivity index (χ2n) is 4.37. The van der Waals surface area contributed by atoms with E-state index in [2.05, 4.69) is 15.5 Å². The fourth-order valence-electron chi connectivity index (χ4n) is 1.56. The van der Waals surface area contributed by atoms with Gasteiger partial charge in [-0.2, -0.15) is 0 Å². The quantitative estimate of drug-likeness (QED) is 0.489. The van der Waals surface area contributed by atoms with Gasteiger partial charge in [-0.05, 0) is 38.1 Å². The summed E-state index contributed by atoms with van der Waals surface area (Å²) < 4.78 is 1.33. The van der Waals surface area contributed by atoms with Gasteiger partial charge in [-0.25, -0.2) is 4.68 Å². The number of Topliss-reactive ketones (excluding diaryl/α,β-unsaturated/α-hetero) is 1. The van der Waals surface area contributed by atoms with Crippen LogP contribution in [0.4, 0.5) is 5.69 Å². The molecule has 0 fully saturated rings. The van der Waals surface area contributed by atoms with E-state index in [-0.39, 0.29) is 17.4 Å². The van der Waals surface area contributed by atoms with Gasteiger partial charge in [0.05, 0.1) is 5.75 Å². The van der Waals surface area contributed by atoms with Gasteiger partial charge in [-0.3, -0.25) is 9.59 Å². The van der Waals surface area contributed by atoms with Gasteiger partial charge in [0.1, 0.15) is 5.82 Å². The fraction of sp³-hybridized carbons (Fsp3) is 0.231. The number of nitrogens with one attached hydrogen (secondary N) is 1. The highest BCUT2D eigenvalue weighted by atomic mass is 32.2. The van der Waals surface area contributed by atoms with Crippen LogP contribution < -0.4 is 11.2 Å². The Morgan fingerprint density at radius 1 is 1.29 bits per heavy atom. The van der Waals surface area contributed by atoms with E-state index < -0.39 is 0 Å². The van der Waals surface area contributed by atoms with Crippen molar-refractivity contribution >= 4 is 29.1 Å². The predicted molar refractivity (Wildman–Crippen MR) is 80.7 cm³/mol. The number of carbonyl (C=O) groups excluding carboxylic acids is 2. The Hall–Kier alpha value is -2.35. The first kappa shape index (κ1) is 15.0. The summed E-state index contributed by atoms with van der Waals surface area (Å²) in [5, 5.41) is 10.9. The largest absolute Gasteiger partial charge is 0.336 e. The second kappa shape index (κ2) is 6.40. The van der Waals surface area contributed by atoms with Crippen LogP contribution >= 0.6 is 11.8 Å². The molecule has 21 heavy (non-hydrogen) atoms. The maximum Gasteiger partial charge on any atom is 0.234 e. The van der Waals surface area contributed by atoms with E-state index in [0.717, 1.165) is 0 Å². The average molecular weight is 305 g/mol. The van der Waals surface area contributed by atoms with Crippen LogP contribution in [0, 0.1) is 6.92 Å². The number of aromatic nitrogens is 3. The van der Waals surface area contributed by atoms with Gasteiger partial charge >= 0.3 is 0 Å². The molecule has 0 aliphatic rings. The molecule has 0 saturated carbocycles. The number of benzene rings is 1. The molecule has 0 bridgehead atoms. The first-order chi connectivity index (χ1) is 9.97. The summed E-state index contributed by atoms with van der Waals surface area (Å²) in [7, 11) is 0. The lowest BCUT2D eigenvalue weighted by Crippen LogP contribution is -2.16. The summed E-state index contributed by atoms with van der Waals surface area (Å²) in [4.78, 5) is 23.0. The lowest BCUT2D eigenvalue weighted by atomic mass is 10.1. The lowest BCUT2D eigenvalue weighted by Gasteiger charge is -2.05. The Morgan fingerprint density at radius 3 is 2.48 bits per heavy atom. The minimum Gasteiger partial charge on any atom is -0.336 e. The summed E-state index contributed by atoms with van der Waals surface area (Å²) in [5.74, 6) is 6.25. The normalized spacial score (nSPS) is 10.4. The zero-order chi connectivity index (χ0) is 15.4. The highest BCUT2D eigenvalue weighted by Crippen LogP contribution is 2.15. The molecule has 0 atom stereocenters. The number of carbonyl (C=O) groups is 2. The van der Waals surface area contributed by atoms with E-state index in [0.29, 0.717) is 22.2 Å².